The number of halogens is 1. The molecule has 3 nitrogen and oxygen atoms in total. The molecule has 0 aliphatic heterocycles. The van der Waals surface area contributed by atoms with Gasteiger partial charge in [-0.2, -0.15) is 5.26 Å². The molecule has 0 atom stereocenters. The molecule has 0 aromatic heterocycles. The minimum Gasteiger partial charge on any atom is -0.322 e. The van der Waals surface area contributed by atoms with Crippen LogP contribution in [0.4, 0.5) is 4.39 Å². The number of rotatable bonds is 3. The second kappa shape index (κ2) is 4.31. The van der Waals surface area contributed by atoms with E-state index in [1.165, 1.54) is 23.1 Å². The van der Waals surface area contributed by atoms with Crippen LogP contribution in [-0.2, 0) is 0 Å². The fourth-order valence-electron chi connectivity index (χ4n) is 1.62. The first-order valence-corrected chi connectivity index (χ1v) is 5.16. The molecule has 1 aliphatic carbocycles. The lowest BCUT2D eigenvalue weighted by Crippen LogP contribution is -2.33. The zero-order valence-corrected chi connectivity index (χ0v) is 8.69. The number of amides is 1. The number of hydrogen-bond acceptors (Lipinski definition) is 2. The van der Waals surface area contributed by atoms with Crippen LogP contribution in [0.15, 0.2) is 24.3 Å². The summed E-state index contributed by atoms with van der Waals surface area (Å²) in [5, 5.41) is 8.65. The lowest BCUT2D eigenvalue weighted by Gasteiger charge is -2.18. The van der Waals surface area contributed by atoms with Crippen molar-refractivity contribution in [3.63, 3.8) is 0 Å². The third-order valence-electron chi connectivity index (χ3n) is 2.56. The lowest BCUT2D eigenvalue weighted by atomic mass is 10.2. The molecular formula is C12H11FN2O. The highest BCUT2D eigenvalue weighted by Crippen LogP contribution is 2.27. The zero-order chi connectivity index (χ0) is 11.5. The quantitative estimate of drug-likeness (QED) is 0.728. The van der Waals surface area contributed by atoms with Gasteiger partial charge in [-0.25, -0.2) is 4.39 Å². The summed E-state index contributed by atoms with van der Waals surface area (Å²) >= 11 is 0. The smallest absolute Gasteiger partial charge is 0.255 e. The van der Waals surface area contributed by atoms with Crippen molar-refractivity contribution in [2.45, 2.75) is 18.9 Å². The minimum absolute atomic E-state index is 0.0695. The standard InChI is InChI=1S/C12H11FN2O/c13-10-3-1-2-9(8-10)12(16)15(7-6-14)11-4-5-11/h1-3,8,11H,4-5,7H2. The molecule has 1 amide bonds. The highest BCUT2D eigenvalue weighted by molar-refractivity contribution is 5.94. The molecule has 1 aromatic rings. The van der Waals surface area contributed by atoms with Crippen LogP contribution in [0.2, 0.25) is 0 Å². The van der Waals surface area contributed by atoms with Crippen molar-refractivity contribution in [3.05, 3.63) is 35.6 Å². The Bertz CT molecular complexity index is 449. The molecule has 16 heavy (non-hydrogen) atoms. The molecule has 1 aliphatic rings. The van der Waals surface area contributed by atoms with Crippen LogP contribution in [0.25, 0.3) is 0 Å². The summed E-state index contributed by atoms with van der Waals surface area (Å²) in [4.78, 5) is 13.5. The van der Waals surface area contributed by atoms with E-state index >= 15 is 0 Å². The second-order valence-electron chi connectivity index (χ2n) is 3.83. The fraction of sp³-hybridized carbons (Fsp3) is 0.333. The molecular weight excluding hydrogens is 207 g/mol. The summed E-state index contributed by atoms with van der Waals surface area (Å²) in [7, 11) is 0. The number of benzene rings is 1. The van der Waals surface area contributed by atoms with E-state index in [0.717, 1.165) is 12.8 Å². The van der Waals surface area contributed by atoms with Gasteiger partial charge in [0.15, 0.2) is 0 Å². The van der Waals surface area contributed by atoms with Gasteiger partial charge in [-0.1, -0.05) is 6.07 Å². The van der Waals surface area contributed by atoms with Gasteiger partial charge in [-0.15, -0.1) is 0 Å². The molecule has 0 bridgehead atoms. The first-order valence-electron chi connectivity index (χ1n) is 5.16. The van der Waals surface area contributed by atoms with E-state index in [1.807, 2.05) is 6.07 Å². The van der Waals surface area contributed by atoms with Crippen LogP contribution in [-0.4, -0.2) is 23.4 Å². The highest BCUT2D eigenvalue weighted by Gasteiger charge is 2.32. The maximum absolute atomic E-state index is 13.0. The second-order valence-corrected chi connectivity index (χ2v) is 3.83. The highest BCUT2D eigenvalue weighted by atomic mass is 19.1. The average Bonchev–Trinajstić information content (AvgIpc) is 3.09. The third kappa shape index (κ3) is 2.19. The molecule has 1 fully saturated rings. The van der Waals surface area contributed by atoms with Crippen molar-refractivity contribution in [2.75, 3.05) is 6.54 Å². The van der Waals surface area contributed by atoms with Crippen LogP contribution in [0, 0.1) is 17.1 Å². The first-order chi connectivity index (χ1) is 7.72. The SMILES string of the molecule is N#CCN(C(=O)c1cccc(F)c1)C1CC1. The van der Waals surface area contributed by atoms with E-state index in [2.05, 4.69) is 0 Å². The van der Waals surface area contributed by atoms with E-state index in [1.54, 1.807) is 6.07 Å². The molecule has 0 heterocycles. The number of carbonyl (C=O) groups is 1. The van der Waals surface area contributed by atoms with Gasteiger partial charge in [-0.3, -0.25) is 4.79 Å². The molecule has 82 valence electrons. The van der Waals surface area contributed by atoms with E-state index in [4.69, 9.17) is 5.26 Å². The molecule has 0 saturated heterocycles. The van der Waals surface area contributed by atoms with E-state index in [9.17, 15) is 9.18 Å². The number of nitriles is 1. The Hall–Kier alpha value is -1.89. The van der Waals surface area contributed by atoms with Crippen molar-refractivity contribution in [3.8, 4) is 6.07 Å². The van der Waals surface area contributed by atoms with Crippen molar-refractivity contribution in [1.29, 1.82) is 5.26 Å². The van der Waals surface area contributed by atoms with Crippen molar-refractivity contribution in [1.82, 2.24) is 4.90 Å². The molecule has 2 rings (SSSR count). The topological polar surface area (TPSA) is 44.1 Å². The Labute approximate surface area is 93.1 Å². The van der Waals surface area contributed by atoms with E-state index < -0.39 is 5.82 Å². The first kappa shape index (κ1) is 10.6. The van der Waals surface area contributed by atoms with Gasteiger partial charge >= 0.3 is 0 Å². The monoisotopic (exact) mass is 218 g/mol. The van der Waals surface area contributed by atoms with Crippen LogP contribution >= 0.6 is 0 Å². The molecule has 4 heteroatoms. The fourth-order valence-corrected chi connectivity index (χ4v) is 1.62. The van der Waals surface area contributed by atoms with Crippen LogP contribution in [0.3, 0.4) is 0 Å². The third-order valence-corrected chi connectivity index (χ3v) is 2.56. The van der Waals surface area contributed by atoms with Crippen molar-refractivity contribution < 1.29 is 9.18 Å². The Morgan fingerprint density at radius 1 is 1.56 bits per heavy atom. The summed E-state index contributed by atoms with van der Waals surface area (Å²) in [6.07, 6.45) is 1.87. The van der Waals surface area contributed by atoms with Gasteiger partial charge in [0.1, 0.15) is 12.4 Å². The molecule has 1 saturated carbocycles. The van der Waals surface area contributed by atoms with Crippen LogP contribution in [0.5, 0.6) is 0 Å². The van der Waals surface area contributed by atoms with Crippen molar-refractivity contribution >= 4 is 5.91 Å². The van der Waals surface area contributed by atoms with Crippen LogP contribution in [0.1, 0.15) is 23.2 Å². The van der Waals surface area contributed by atoms with Crippen LogP contribution < -0.4 is 0 Å². The van der Waals surface area contributed by atoms with Gasteiger partial charge in [0.05, 0.1) is 6.07 Å². The molecule has 0 spiro atoms. The summed E-state index contributed by atoms with van der Waals surface area (Å²) in [6, 6.07) is 7.69. The molecule has 0 N–H and O–H groups in total. The Kier molecular flexibility index (Phi) is 2.86. The predicted octanol–water partition coefficient (Wildman–Crippen LogP) is 1.95. The largest absolute Gasteiger partial charge is 0.322 e. The normalized spacial score (nSPS) is 14.2. The van der Waals surface area contributed by atoms with Gasteiger partial charge in [0, 0.05) is 11.6 Å². The average molecular weight is 218 g/mol. The number of nitrogens with zero attached hydrogens (tertiary/aromatic N) is 2. The molecule has 0 unspecified atom stereocenters. The predicted molar refractivity (Wildman–Crippen MR) is 56.1 cm³/mol. The van der Waals surface area contributed by atoms with E-state index in [-0.39, 0.29) is 18.5 Å². The van der Waals surface area contributed by atoms with Gasteiger partial charge in [-0.05, 0) is 31.0 Å². The maximum Gasteiger partial charge on any atom is 0.255 e. The minimum atomic E-state index is -0.432. The summed E-state index contributed by atoms with van der Waals surface area (Å²) < 4.78 is 13.0. The maximum atomic E-state index is 13.0. The summed E-state index contributed by atoms with van der Waals surface area (Å²) in [5.74, 6) is -0.692. The lowest BCUT2D eigenvalue weighted by molar-refractivity contribution is 0.0764. The van der Waals surface area contributed by atoms with Gasteiger partial charge in [0.25, 0.3) is 5.91 Å². The van der Waals surface area contributed by atoms with E-state index in [0.29, 0.717) is 5.56 Å². The Balaban J connectivity index is 2.19. The Morgan fingerprint density at radius 2 is 2.31 bits per heavy atom. The number of hydrogen-bond donors (Lipinski definition) is 0. The zero-order valence-electron chi connectivity index (χ0n) is 8.69. The van der Waals surface area contributed by atoms with Gasteiger partial charge in [0.2, 0.25) is 0 Å². The van der Waals surface area contributed by atoms with Gasteiger partial charge < -0.3 is 4.90 Å². The molecule has 0 radical (unpaired) electrons. The number of carbonyl (C=O) groups excluding carboxylic acids is 1. The summed E-state index contributed by atoms with van der Waals surface area (Å²) in [5.41, 5.74) is 0.308. The molecule has 1 aromatic carbocycles. The summed E-state index contributed by atoms with van der Waals surface area (Å²) in [6.45, 7) is 0.0695. The Morgan fingerprint density at radius 3 is 2.88 bits per heavy atom. The van der Waals surface area contributed by atoms with Crippen molar-refractivity contribution in [2.24, 2.45) is 0 Å².